The van der Waals surface area contributed by atoms with E-state index >= 15 is 0 Å². The van der Waals surface area contributed by atoms with Crippen LogP contribution in [0, 0.1) is 19.8 Å². The number of aryl methyl sites for hydroxylation is 2. The minimum atomic E-state index is 0.201. The number of amidine groups is 1. The van der Waals surface area contributed by atoms with Crippen molar-refractivity contribution in [3.8, 4) is 0 Å². The molecule has 0 spiro atoms. The Kier molecular flexibility index (Phi) is 8.34. The van der Waals surface area contributed by atoms with E-state index in [2.05, 4.69) is 46.3 Å². The Morgan fingerprint density at radius 1 is 1.19 bits per heavy atom. The third-order valence-corrected chi connectivity index (χ3v) is 7.19. The van der Waals surface area contributed by atoms with Crippen LogP contribution in [0.1, 0.15) is 48.3 Å². The van der Waals surface area contributed by atoms with Gasteiger partial charge >= 0.3 is 0 Å². The average molecular weight is 525 g/mol. The smallest absolute Gasteiger partial charge is 0.236 e. The van der Waals surface area contributed by atoms with Crippen molar-refractivity contribution in [3.63, 3.8) is 0 Å². The zero-order chi connectivity index (χ0) is 26.7. The molecule has 0 atom stereocenters. The highest BCUT2D eigenvalue weighted by molar-refractivity contribution is 6.32. The predicted molar refractivity (Wildman–Crippen MR) is 150 cm³/mol. The molecule has 1 aromatic heterocycles. The van der Waals surface area contributed by atoms with Gasteiger partial charge in [0.1, 0.15) is 10.9 Å². The highest BCUT2D eigenvalue weighted by Crippen LogP contribution is 2.35. The summed E-state index contributed by atoms with van der Waals surface area (Å²) in [5, 5.41) is 3.62. The summed E-state index contributed by atoms with van der Waals surface area (Å²) in [6, 6.07) is 4.36. The first-order valence-electron chi connectivity index (χ1n) is 12.7. The van der Waals surface area contributed by atoms with Crippen molar-refractivity contribution in [3.05, 3.63) is 51.8 Å². The van der Waals surface area contributed by atoms with Crippen LogP contribution in [0.2, 0.25) is 5.02 Å². The van der Waals surface area contributed by atoms with Crippen LogP contribution in [0.25, 0.3) is 0 Å². The van der Waals surface area contributed by atoms with Crippen molar-refractivity contribution in [2.75, 3.05) is 39.0 Å². The van der Waals surface area contributed by atoms with E-state index in [4.69, 9.17) is 23.1 Å². The molecule has 10 heteroatoms. The topological polar surface area (TPSA) is 126 Å². The maximum absolute atomic E-state index is 12.4. The number of halogens is 1. The standard InChI is InChI=1S/C27H37ClN8O/c1-16-12-23(17(2)11-20(16)18-7-9-36(10-8-18)25(37)15-35(3)4)32-27-31-14-21(28)26(34-27)33-24(30)13-22(29)19-5-6-19/h11-14,18-19H,5-10,15,29H2,1-4H3,(H3,30,31,32,33,34)/b22-13-. The molecule has 2 heterocycles. The number of aliphatic imine (C=N–C) groups is 1. The maximum atomic E-state index is 12.4. The molecule has 1 amide bonds. The molecule has 198 valence electrons. The van der Waals surface area contributed by atoms with Crippen LogP contribution < -0.4 is 16.8 Å². The van der Waals surface area contributed by atoms with Gasteiger partial charge in [-0.2, -0.15) is 4.98 Å². The van der Waals surface area contributed by atoms with Gasteiger partial charge in [0.15, 0.2) is 5.82 Å². The monoisotopic (exact) mass is 524 g/mol. The summed E-state index contributed by atoms with van der Waals surface area (Å²) in [7, 11) is 3.85. The van der Waals surface area contributed by atoms with Gasteiger partial charge < -0.3 is 26.6 Å². The predicted octanol–water partition coefficient (Wildman–Crippen LogP) is 4.00. The van der Waals surface area contributed by atoms with E-state index in [0.29, 0.717) is 29.4 Å². The van der Waals surface area contributed by atoms with Gasteiger partial charge in [0.2, 0.25) is 11.9 Å². The Morgan fingerprint density at radius 3 is 2.54 bits per heavy atom. The number of allylic oxidation sites excluding steroid dienone is 1. The first-order chi connectivity index (χ1) is 17.6. The third-order valence-electron chi connectivity index (χ3n) is 6.92. The van der Waals surface area contributed by atoms with Crippen LogP contribution in [0.5, 0.6) is 0 Å². The van der Waals surface area contributed by atoms with Gasteiger partial charge in [-0.3, -0.25) is 4.79 Å². The normalized spacial score (nSPS) is 17.4. The zero-order valence-corrected chi connectivity index (χ0v) is 22.8. The number of aromatic nitrogens is 2. The average Bonchev–Trinajstić information content (AvgIpc) is 3.69. The molecule has 37 heavy (non-hydrogen) atoms. The number of nitrogens with two attached hydrogens (primary N) is 2. The molecule has 0 unspecified atom stereocenters. The van der Waals surface area contributed by atoms with Crippen molar-refractivity contribution in [2.24, 2.45) is 22.4 Å². The Labute approximate surface area is 224 Å². The summed E-state index contributed by atoms with van der Waals surface area (Å²) >= 11 is 6.28. The summed E-state index contributed by atoms with van der Waals surface area (Å²) in [4.78, 5) is 29.4. The van der Waals surface area contributed by atoms with E-state index in [-0.39, 0.29) is 17.6 Å². The van der Waals surface area contributed by atoms with E-state index in [0.717, 1.165) is 55.7 Å². The summed E-state index contributed by atoms with van der Waals surface area (Å²) in [5.74, 6) is 1.98. The Balaban J connectivity index is 1.45. The third kappa shape index (κ3) is 6.99. The summed E-state index contributed by atoms with van der Waals surface area (Å²) in [5.41, 5.74) is 17.4. The Hall–Kier alpha value is -3.17. The Bertz CT molecular complexity index is 1210. The van der Waals surface area contributed by atoms with Crippen molar-refractivity contribution in [1.29, 1.82) is 0 Å². The largest absolute Gasteiger partial charge is 0.402 e. The van der Waals surface area contributed by atoms with E-state index in [1.165, 1.54) is 17.3 Å². The number of amides is 1. The minimum absolute atomic E-state index is 0.201. The minimum Gasteiger partial charge on any atom is -0.402 e. The Morgan fingerprint density at radius 2 is 1.89 bits per heavy atom. The molecule has 4 rings (SSSR count). The first kappa shape index (κ1) is 26.9. The lowest BCUT2D eigenvalue weighted by Gasteiger charge is -2.33. The number of hydrogen-bond acceptors (Lipinski definition) is 7. The fourth-order valence-electron chi connectivity index (χ4n) is 4.70. The zero-order valence-electron chi connectivity index (χ0n) is 22.1. The first-order valence-corrected chi connectivity index (χ1v) is 13.1. The second-order valence-electron chi connectivity index (χ2n) is 10.4. The summed E-state index contributed by atoms with van der Waals surface area (Å²) in [6.45, 7) is 6.24. The van der Waals surface area contributed by atoms with Gasteiger partial charge in [0, 0.05) is 24.5 Å². The van der Waals surface area contributed by atoms with Gasteiger partial charge in [0.05, 0.1) is 12.7 Å². The summed E-state index contributed by atoms with van der Waals surface area (Å²) in [6.07, 6.45) is 7.30. The molecule has 1 saturated carbocycles. The number of benzene rings is 1. The number of nitrogens with zero attached hydrogens (tertiary/aromatic N) is 5. The van der Waals surface area contributed by atoms with Gasteiger partial charge in [-0.25, -0.2) is 9.98 Å². The number of carbonyl (C=O) groups is 1. The fourth-order valence-corrected chi connectivity index (χ4v) is 4.83. The number of likely N-dealkylation sites (tertiary alicyclic amines) is 1. The molecule has 1 aliphatic carbocycles. The van der Waals surface area contributed by atoms with Crippen LogP contribution >= 0.6 is 11.6 Å². The molecule has 1 aliphatic heterocycles. The van der Waals surface area contributed by atoms with Crippen LogP contribution in [0.4, 0.5) is 17.5 Å². The van der Waals surface area contributed by atoms with Gasteiger partial charge in [-0.1, -0.05) is 17.7 Å². The SMILES string of the molecule is Cc1cc(C2CCN(C(=O)CN(C)C)CC2)c(C)cc1Nc1ncc(Cl)c(N=C(N)/C=C(\N)C2CC2)n1. The highest BCUT2D eigenvalue weighted by Gasteiger charge is 2.26. The lowest BCUT2D eigenvalue weighted by molar-refractivity contribution is -0.132. The molecule has 0 radical (unpaired) electrons. The lowest BCUT2D eigenvalue weighted by Crippen LogP contribution is -2.42. The molecule has 1 aromatic carbocycles. The van der Waals surface area contributed by atoms with Crippen molar-refractivity contribution in [1.82, 2.24) is 19.8 Å². The van der Waals surface area contributed by atoms with Crippen LogP contribution in [0.15, 0.2) is 35.1 Å². The van der Waals surface area contributed by atoms with Gasteiger partial charge in [0.25, 0.3) is 0 Å². The van der Waals surface area contributed by atoms with E-state index < -0.39 is 0 Å². The van der Waals surface area contributed by atoms with Crippen molar-refractivity contribution in [2.45, 2.75) is 45.4 Å². The second-order valence-corrected chi connectivity index (χ2v) is 10.8. The number of anilines is 2. The number of nitrogens with one attached hydrogen (secondary N) is 1. The second kappa shape index (κ2) is 11.5. The highest BCUT2D eigenvalue weighted by atomic mass is 35.5. The molecule has 2 fully saturated rings. The molecule has 2 aliphatic rings. The van der Waals surface area contributed by atoms with Crippen LogP contribution in [0.3, 0.4) is 0 Å². The molecule has 5 N–H and O–H groups in total. The number of hydrogen-bond donors (Lipinski definition) is 3. The van der Waals surface area contributed by atoms with E-state index in [9.17, 15) is 4.79 Å². The fraction of sp³-hybridized carbons (Fsp3) is 0.481. The summed E-state index contributed by atoms with van der Waals surface area (Å²) < 4.78 is 0. The van der Waals surface area contributed by atoms with Gasteiger partial charge in [-0.05, 0) is 94.3 Å². The molecular formula is C27H37ClN8O. The lowest BCUT2D eigenvalue weighted by atomic mass is 9.85. The quantitative estimate of drug-likeness (QED) is 0.352. The van der Waals surface area contributed by atoms with Crippen LogP contribution in [-0.2, 0) is 4.79 Å². The van der Waals surface area contributed by atoms with Gasteiger partial charge in [-0.15, -0.1) is 0 Å². The van der Waals surface area contributed by atoms with E-state index in [1.54, 1.807) is 6.08 Å². The molecular weight excluding hydrogens is 488 g/mol. The van der Waals surface area contributed by atoms with E-state index in [1.807, 2.05) is 23.9 Å². The van der Waals surface area contributed by atoms with Crippen molar-refractivity contribution < 1.29 is 4.79 Å². The molecule has 9 nitrogen and oxygen atoms in total. The molecule has 1 saturated heterocycles. The van der Waals surface area contributed by atoms with Crippen LogP contribution in [-0.4, -0.2) is 65.2 Å². The van der Waals surface area contributed by atoms with Crippen molar-refractivity contribution >= 4 is 40.8 Å². The number of likely N-dealkylation sites (N-methyl/N-ethyl adjacent to an activating group) is 1. The number of rotatable bonds is 8. The number of piperidine rings is 1. The number of carbonyl (C=O) groups excluding carboxylic acids is 1. The maximum Gasteiger partial charge on any atom is 0.236 e. The molecule has 0 bridgehead atoms. The molecule has 2 aromatic rings.